The topological polar surface area (TPSA) is 46.8 Å². The Bertz CT molecular complexity index is 4290. The lowest BCUT2D eigenvalue weighted by molar-refractivity contribution is 1.07. The quantitative estimate of drug-likeness (QED) is 0.160. The fourth-order valence-electron chi connectivity index (χ4n) is 10.5. The summed E-state index contributed by atoms with van der Waals surface area (Å²) in [6.07, 6.45) is 0. The van der Waals surface area contributed by atoms with Crippen molar-refractivity contribution in [1.29, 1.82) is 0 Å². The van der Waals surface area contributed by atoms with Gasteiger partial charge < -0.3 is 9.47 Å². The lowest BCUT2D eigenvalue weighted by Gasteiger charge is -2.27. The summed E-state index contributed by atoms with van der Waals surface area (Å²) < 4.78 is 2.42. The van der Waals surface area contributed by atoms with Crippen LogP contribution in [0, 0.1) is 0 Å². The Kier molecular flexibility index (Phi) is 9.14. The van der Waals surface area contributed by atoms with E-state index in [1.165, 1.54) is 48.5 Å². The van der Waals surface area contributed by atoms with E-state index in [4.69, 9.17) is 15.0 Å². The summed E-state index contributed by atoms with van der Waals surface area (Å²) in [7, 11) is 0. The van der Waals surface area contributed by atoms with Crippen molar-refractivity contribution in [1.82, 2.24) is 19.5 Å². The number of anilines is 3. The molecule has 0 aliphatic carbocycles. The summed E-state index contributed by atoms with van der Waals surface area (Å²) in [5, 5.41) is 14.1. The highest BCUT2D eigenvalue weighted by atomic mass is 15.1. The van der Waals surface area contributed by atoms with Gasteiger partial charge in [-0.3, -0.25) is 0 Å². The van der Waals surface area contributed by atoms with Gasteiger partial charge in [0.2, 0.25) is 0 Å². The van der Waals surface area contributed by atoms with Crippen LogP contribution in [-0.4, -0.2) is 19.5 Å². The van der Waals surface area contributed by atoms with Crippen molar-refractivity contribution in [2.45, 2.75) is 0 Å². The zero-order valence-electron chi connectivity index (χ0n) is 37.9. The molecule has 0 aliphatic heterocycles. The smallest absolute Gasteiger partial charge is 0.164 e. The SMILES string of the molecule is c1cc(-c2nc(-c3ccc4ccccc4c3)nc(-c3ccc4ccccc4c3)n2)cc(-n2c3ccc(N(c4ccc5ccccc5c4)c4cccc5ccccc45)cc3c3ccc4ccccc4c32)c1. The second-order valence-corrected chi connectivity index (χ2v) is 18.1. The third-order valence-corrected chi connectivity index (χ3v) is 13.9. The van der Waals surface area contributed by atoms with E-state index in [9.17, 15) is 0 Å². The normalized spacial score (nSPS) is 11.7. The first-order chi connectivity index (χ1) is 34.7. The average Bonchev–Trinajstić information content (AvgIpc) is 3.77. The highest BCUT2D eigenvalue weighted by Gasteiger charge is 2.22. The van der Waals surface area contributed by atoms with Gasteiger partial charge in [-0.15, -0.1) is 0 Å². The summed E-state index contributed by atoms with van der Waals surface area (Å²) in [5.74, 6) is 1.86. The molecule has 0 spiro atoms. The molecule has 2 aromatic heterocycles. The number of nitrogens with zero attached hydrogens (tertiary/aromatic N) is 5. The van der Waals surface area contributed by atoms with Crippen molar-refractivity contribution in [3.8, 4) is 39.9 Å². The Morgan fingerprint density at radius 3 is 1.41 bits per heavy atom. The molecule has 326 valence electrons. The van der Waals surface area contributed by atoms with E-state index >= 15 is 0 Å². The van der Waals surface area contributed by atoms with Crippen molar-refractivity contribution in [3.63, 3.8) is 0 Å². The molecule has 5 nitrogen and oxygen atoms in total. The Balaban J connectivity index is 0.975. The van der Waals surface area contributed by atoms with Crippen LogP contribution in [0.3, 0.4) is 0 Å². The molecule has 0 aliphatic rings. The summed E-state index contributed by atoms with van der Waals surface area (Å²) in [6, 6.07) is 89.2. The van der Waals surface area contributed by atoms with E-state index in [-0.39, 0.29) is 0 Å². The van der Waals surface area contributed by atoms with Gasteiger partial charge in [0.05, 0.1) is 16.7 Å². The minimum Gasteiger partial charge on any atom is -0.310 e. The summed E-state index contributed by atoms with van der Waals surface area (Å²) in [6.45, 7) is 0. The fraction of sp³-hybridized carbons (Fsp3) is 0. The highest BCUT2D eigenvalue weighted by molar-refractivity contribution is 6.19. The third kappa shape index (κ3) is 6.67. The molecule has 5 heteroatoms. The Morgan fingerprint density at radius 2 is 0.757 bits per heavy atom. The minimum atomic E-state index is 0.609. The summed E-state index contributed by atoms with van der Waals surface area (Å²) in [5.41, 5.74) is 9.34. The second-order valence-electron chi connectivity index (χ2n) is 18.1. The van der Waals surface area contributed by atoms with Crippen LogP contribution in [0.25, 0.3) is 116 Å². The number of hydrogen-bond acceptors (Lipinski definition) is 4. The first-order valence-corrected chi connectivity index (χ1v) is 23.7. The number of benzene rings is 12. The number of rotatable bonds is 7. The van der Waals surface area contributed by atoms with Crippen LogP contribution >= 0.6 is 0 Å². The van der Waals surface area contributed by atoms with Gasteiger partial charge in [0.25, 0.3) is 0 Å². The molecule has 2 heterocycles. The van der Waals surface area contributed by atoms with Crippen molar-refractivity contribution in [3.05, 3.63) is 249 Å². The van der Waals surface area contributed by atoms with Gasteiger partial charge in [-0.05, 0) is 104 Å². The van der Waals surface area contributed by atoms with E-state index in [0.717, 1.165) is 66.6 Å². The van der Waals surface area contributed by atoms with Crippen LogP contribution < -0.4 is 4.90 Å². The standard InChI is InChI=1S/C65H41N5/c1-4-18-47-37-51(29-27-42(47)13-1)64-66-63(67-65(68-64)52-30-28-43-14-2-5-19-48(43)38-52)50-22-11-23-53(40-50)70-61-36-34-55(41-59(61)58-35-32-46-17-8-10-25-57(46)62(58)70)69(54-33-31-44-15-3-6-20-49(44)39-54)60-26-12-21-45-16-7-9-24-56(45)60/h1-41H. The van der Waals surface area contributed by atoms with E-state index in [1.54, 1.807) is 0 Å². The maximum absolute atomic E-state index is 5.26. The van der Waals surface area contributed by atoms with Crippen molar-refractivity contribution < 1.29 is 0 Å². The minimum absolute atomic E-state index is 0.609. The Morgan fingerprint density at radius 1 is 0.286 bits per heavy atom. The maximum Gasteiger partial charge on any atom is 0.164 e. The summed E-state index contributed by atoms with van der Waals surface area (Å²) >= 11 is 0. The lowest BCUT2D eigenvalue weighted by Crippen LogP contribution is -2.10. The molecule has 0 fully saturated rings. The summed E-state index contributed by atoms with van der Waals surface area (Å²) in [4.78, 5) is 18.1. The zero-order chi connectivity index (χ0) is 46.1. The number of hydrogen-bond donors (Lipinski definition) is 0. The first kappa shape index (κ1) is 39.7. The van der Waals surface area contributed by atoms with E-state index in [2.05, 4.69) is 258 Å². The maximum atomic E-state index is 5.26. The highest BCUT2D eigenvalue weighted by Crippen LogP contribution is 2.44. The average molecular weight is 892 g/mol. The van der Waals surface area contributed by atoms with Crippen molar-refractivity contribution >= 4 is 92.7 Å². The van der Waals surface area contributed by atoms with Crippen LogP contribution in [0.1, 0.15) is 0 Å². The van der Waals surface area contributed by atoms with Gasteiger partial charge >= 0.3 is 0 Å². The van der Waals surface area contributed by atoms with Gasteiger partial charge in [-0.2, -0.15) is 0 Å². The van der Waals surface area contributed by atoms with E-state index in [1.807, 2.05) is 0 Å². The van der Waals surface area contributed by atoms with Crippen molar-refractivity contribution in [2.75, 3.05) is 4.90 Å². The van der Waals surface area contributed by atoms with E-state index in [0.29, 0.717) is 17.5 Å². The number of fused-ring (bicyclic) bond motifs is 9. The van der Waals surface area contributed by atoms with Gasteiger partial charge in [0.15, 0.2) is 17.5 Å². The molecule has 12 aromatic carbocycles. The monoisotopic (exact) mass is 891 g/mol. The van der Waals surface area contributed by atoms with Crippen LogP contribution in [0.5, 0.6) is 0 Å². The molecule has 0 saturated carbocycles. The molecule has 0 N–H and O–H groups in total. The molecule has 0 bridgehead atoms. The lowest BCUT2D eigenvalue weighted by atomic mass is 10.0. The van der Waals surface area contributed by atoms with Gasteiger partial charge in [-0.25, -0.2) is 15.0 Å². The molecule has 0 saturated heterocycles. The van der Waals surface area contributed by atoms with E-state index < -0.39 is 0 Å². The van der Waals surface area contributed by atoms with Crippen LogP contribution in [0.15, 0.2) is 249 Å². The van der Waals surface area contributed by atoms with Crippen LogP contribution in [0.2, 0.25) is 0 Å². The Hall–Kier alpha value is -9.45. The molecule has 0 radical (unpaired) electrons. The van der Waals surface area contributed by atoms with Gasteiger partial charge in [0.1, 0.15) is 0 Å². The molecule has 14 aromatic rings. The predicted octanol–water partition coefficient (Wildman–Crippen LogP) is 17.2. The second kappa shape index (κ2) is 16.1. The first-order valence-electron chi connectivity index (χ1n) is 23.7. The van der Waals surface area contributed by atoms with Gasteiger partial charge in [-0.1, -0.05) is 188 Å². The molecule has 14 rings (SSSR count). The molecule has 0 atom stereocenters. The third-order valence-electron chi connectivity index (χ3n) is 13.9. The van der Waals surface area contributed by atoms with Crippen LogP contribution in [0.4, 0.5) is 17.1 Å². The molecular weight excluding hydrogens is 851 g/mol. The Labute approximate surface area is 403 Å². The molecule has 0 unspecified atom stereocenters. The van der Waals surface area contributed by atoms with Gasteiger partial charge in [0, 0.05) is 55.3 Å². The zero-order valence-corrected chi connectivity index (χ0v) is 37.9. The van der Waals surface area contributed by atoms with Crippen LogP contribution in [-0.2, 0) is 0 Å². The largest absolute Gasteiger partial charge is 0.310 e. The molecule has 0 amide bonds. The van der Waals surface area contributed by atoms with Crippen molar-refractivity contribution in [2.24, 2.45) is 0 Å². The predicted molar refractivity (Wildman–Crippen MR) is 293 cm³/mol. The fourth-order valence-corrected chi connectivity index (χ4v) is 10.5. The molecular formula is C65H41N5. The molecule has 70 heavy (non-hydrogen) atoms. The number of aromatic nitrogens is 4.